The molecule has 0 bridgehead atoms. The number of carbonyl (C=O) groups excluding carboxylic acids is 1. The molecule has 0 aliphatic carbocycles. The Hall–Kier alpha value is -0.940. The van der Waals surface area contributed by atoms with Crippen molar-refractivity contribution in [2.75, 3.05) is 0 Å². The Morgan fingerprint density at radius 1 is 1.67 bits per heavy atom. The predicted molar refractivity (Wildman–Crippen MR) is 67.4 cm³/mol. The van der Waals surface area contributed by atoms with Gasteiger partial charge in [-0.15, -0.1) is 0 Å². The summed E-state index contributed by atoms with van der Waals surface area (Å²) in [6.07, 6.45) is 0.532. The minimum Gasteiger partial charge on any atom is -0.393 e. The van der Waals surface area contributed by atoms with Crippen LogP contribution < -0.4 is 11.1 Å². The second kappa shape index (κ2) is 5.23. The summed E-state index contributed by atoms with van der Waals surface area (Å²) in [6.45, 7) is 3.81. The van der Waals surface area contributed by atoms with Gasteiger partial charge in [-0.05, 0) is 24.8 Å². The van der Waals surface area contributed by atoms with Gasteiger partial charge in [-0.2, -0.15) is 11.3 Å². The van der Waals surface area contributed by atoms with Crippen LogP contribution in [0, 0.1) is 6.92 Å². The maximum absolute atomic E-state index is 11.7. The zero-order chi connectivity index (χ0) is 11.4. The standard InChI is InChI=1S/C10H14N2OS2/c1-6-4-15-5-8(6)10(13)12-7(2)3-9(11)14/h4-5,7H,3H2,1-2H3,(H2,11,14)(H,12,13). The van der Waals surface area contributed by atoms with Crippen molar-refractivity contribution in [2.45, 2.75) is 26.3 Å². The molecule has 1 atom stereocenters. The first-order chi connectivity index (χ1) is 7.00. The Morgan fingerprint density at radius 2 is 2.33 bits per heavy atom. The number of hydrogen-bond donors (Lipinski definition) is 2. The van der Waals surface area contributed by atoms with Crippen molar-refractivity contribution in [1.82, 2.24) is 5.32 Å². The Kier molecular flexibility index (Phi) is 4.23. The summed E-state index contributed by atoms with van der Waals surface area (Å²) < 4.78 is 0. The first-order valence-corrected chi connectivity index (χ1v) is 5.97. The lowest BCUT2D eigenvalue weighted by molar-refractivity contribution is 0.0941. The maximum atomic E-state index is 11.7. The molecule has 0 fully saturated rings. The highest BCUT2D eigenvalue weighted by atomic mass is 32.1. The average molecular weight is 242 g/mol. The van der Waals surface area contributed by atoms with Crippen molar-refractivity contribution in [3.63, 3.8) is 0 Å². The van der Waals surface area contributed by atoms with E-state index in [1.54, 1.807) is 0 Å². The number of nitrogens with one attached hydrogen (secondary N) is 1. The second-order valence-electron chi connectivity index (χ2n) is 3.51. The summed E-state index contributed by atoms with van der Waals surface area (Å²) in [5.74, 6) is -0.0579. The zero-order valence-corrected chi connectivity index (χ0v) is 10.4. The van der Waals surface area contributed by atoms with E-state index in [1.807, 2.05) is 24.6 Å². The van der Waals surface area contributed by atoms with Gasteiger partial charge in [-0.3, -0.25) is 4.79 Å². The van der Waals surface area contributed by atoms with Crippen LogP contribution in [0.4, 0.5) is 0 Å². The average Bonchev–Trinajstić information content (AvgIpc) is 2.49. The molecule has 0 spiro atoms. The number of amides is 1. The summed E-state index contributed by atoms with van der Waals surface area (Å²) in [6, 6.07) is -0.0192. The van der Waals surface area contributed by atoms with Crippen molar-refractivity contribution in [2.24, 2.45) is 5.73 Å². The van der Waals surface area contributed by atoms with E-state index in [-0.39, 0.29) is 11.9 Å². The molecule has 1 aromatic rings. The van der Waals surface area contributed by atoms with E-state index in [0.717, 1.165) is 11.1 Å². The molecular weight excluding hydrogens is 228 g/mol. The quantitative estimate of drug-likeness (QED) is 0.792. The van der Waals surface area contributed by atoms with Gasteiger partial charge in [0.15, 0.2) is 0 Å². The van der Waals surface area contributed by atoms with Gasteiger partial charge in [0.05, 0.1) is 10.6 Å². The molecule has 1 unspecified atom stereocenters. The third-order valence-corrected chi connectivity index (χ3v) is 3.01. The second-order valence-corrected chi connectivity index (χ2v) is 4.78. The number of thiocarbonyl (C=S) groups is 1. The Morgan fingerprint density at radius 3 is 2.80 bits per heavy atom. The highest BCUT2D eigenvalue weighted by Crippen LogP contribution is 2.13. The molecule has 1 heterocycles. The summed E-state index contributed by atoms with van der Waals surface area (Å²) in [7, 11) is 0. The van der Waals surface area contributed by atoms with E-state index in [9.17, 15) is 4.79 Å². The monoisotopic (exact) mass is 242 g/mol. The highest BCUT2D eigenvalue weighted by Gasteiger charge is 2.12. The van der Waals surface area contributed by atoms with E-state index in [0.29, 0.717) is 11.4 Å². The highest BCUT2D eigenvalue weighted by molar-refractivity contribution is 7.80. The topological polar surface area (TPSA) is 55.1 Å². The predicted octanol–water partition coefficient (Wildman–Crippen LogP) is 1.85. The largest absolute Gasteiger partial charge is 0.393 e. The lowest BCUT2D eigenvalue weighted by Crippen LogP contribution is -2.35. The molecular formula is C10H14N2OS2. The fourth-order valence-electron chi connectivity index (χ4n) is 1.25. The van der Waals surface area contributed by atoms with Crippen LogP contribution in [0.3, 0.4) is 0 Å². The molecule has 1 amide bonds. The van der Waals surface area contributed by atoms with Crippen molar-refractivity contribution < 1.29 is 4.79 Å². The van der Waals surface area contributed by atoms with Crippen LogP contribution in [0.5, 0.6) is 0 Å². The third kappa shape index (κ3) is 3.60. The molecule has 0 aliphatic rings. The fourth-order valence-corrected chi connectivity index (χ4v) is 2.33. The van der Waals surface area contributed by atoms with Gasteiger partial charge in [0.2, 0.25) is 0 Å². The van der Waals surface area contributed by atoms with E-state index >= 15 is 0 Å². The molecule has 3 N–H and O–H groups in total. The molecule has 1 rings (SSSR count). The first kappa shape index (κ1) is 12.1. The van der Waals surface area contributed by atoms with Gasteiger partial charge < -0.3 is 11.1 Å². The van der Waals surface area contributed by atoms with Crippen LogP contribution in [-0.4, -0.2) is 16.9 Å². The Bertz CT molecular complexity index is 373. The minimum atomic E-state index is -0.0579. The van der Waals surface area contributed by atoms with Crippen molar-refractivity contribution in [3.8, 4) is 0 Å². The van der Waals surface area contributed by atoms with Crippen molar-refractivity contribution >= 4 is 34.5 Å². The van der Waals surface area contributed by atoms with E-state index in [2.05, 4.69) is 5.32 Å². The third-order valence-electron chi connectivity index (χ3n) is 1.99. The molecule has 3 nitrogen and oxygen atoms in total. The van der Waals surface area contributed by atoms with E-state index < -0.39 is 0 Å². The van der Waals surface area contributed by atoms with Gasteiger partial charge in [0.25, 0.3) is 5.91 Å². The van der Waals surface area contributed by atoms with Crippen molar-refractivity contribution in [3.05, 3.63) is 21.9 Å². The first-order valence-electron chi connectivity index (χ1n) is 4.62. The number of aryl methyl sites for hydroxylation is 1. The number of thiophene rings is 1. The molecule has 1 aromatic heterocycles. The van der Waals surface area contributed by atoms with Crippen molar-refractivity contribution in [1.29, 1.82) is 0 Å². The van der Waals surface area contributed by atoms with Crippen LogP contribution >= 0.6 is 23.6 Å². The lowest BCUT2D eigenvalue weighted by atomic mass is 10.2. The molecule has 5 heteroatoms. The van der Waals surface area contributed by atoms with Gasteiger partial charge in [-0.1, -0.05) is 12.2 Å². The molecule has 82 valence electrons. The van der Waals surface area contributed by atoms with Crippen LogP contribution in [0.1, 0.15) is 29.3 Å². The maximum Gasteiger partial charge on any atom is 0.252 e. The van der Waals surface area contributed by atoms with E-state index in [1.165, 1.54) is 11.3 Å². The van der Waals surface area contributed by atoms with Crippen LogP contribution in [-0.2, 0) is 0 Å². The Labute approximate surface area is 98.7 Å². The summed E-state index contributed by atoms with van der Waals surface area (Å²) in [4.78, 5) is 12.2. The summed E-state index contributed by atoms with van der Waals surface area (Å²) >= 11 is 6.30. The Balaban J connectivity index is 2.56. The zero-order valence-electron chi connectivity index (χ0n) is 8.74. The summed E-state index contributed by atoms with van der Waals surface area (Å²) in [5.41, 5.74) is 7.13. The molecule has 0 aromatic carbocycles. The molecule has 0 saturated heterocycles. The summed E-state index contributed by atoms with van der Waals surface area (Å²) in [5, 5.41) is 6.65. The normalized spacial score (nSPS) is 12.1. The van der Waals surface area contributed by atoms with Gasteiger partial charge in [-0.25, -0.2) is 0 Å². The number of nitrogens with two attached hydrogens (primary N) is 1. The smallest absolute Gasteiger partial charge is 0.252 e. The van der Waals surface area contributed by atoms with Gasteiger partial charge in [0, 0.05) is 17.8 Å². The SMILES string of the molecule is Cc1cscc1C(=O)NC(C)CC(N)=S. The van der Waals surface area contributed by atoms with Crippen LogP contribution in [0.25, 0.3) is 0 Å². The molecule has 0 radical (unpaired) electrons. The number of hydrogen-bond acceptors (Lipinski definition) is 3. The number of carbonyl (C=O) groups is 1. The molecule has 15 heavy (non-hydrogen) atoms. The minimum absolute atomic E-state index is 0.0192. The lowest BCUT2D eigenvalue weighted by Gasteiger charge is -2.12. The number of rotatable bonds is 4. The molecule has 0 aliphatic heterocycles. The van der Waals surface area contributed by atoms with Gasteiger partial charge >= 0.3 is 0 Å². The van der Waals surface area contributed by atoms with Crippen LogP contribution in [0.15, 0.2) is 10.8 Å². The van der Waals surface area contributed by atoms with Crippen LogP contribution in [0.2, 0.25) is 0 Å². The van der Waals surface area contributed by atoms with E-state index in [4.69, 9.17) is 18.0 Å². The van der Waals surface area contributed by atoms with Gasteiger partial charge in [0.1, 0.15) is 0 Å². The molecule has 0 saturated carbocycles. The fraction of sp³-hybridized carbons (Fsp3) is 0.400.